The van der Waals surface area contributed by atoms with Gasteiger partial charge in [-0.2, -0.15) is 0 Å². The Hall–Kier alpha value is -0.720. The summed E-state index contributed by atoms with van der Waals surface area (Å²) in [6, 6.07) is 0. The summed E-state index contributed by atoms with van der Waals surface area (Å²) in [5.74, 6) is 1.47. The lowest BCUT2D eigenvalue weighted by Gasteiger charge is -2.07. The van der Waals surface area contributed by atoms with Crippen LogP contribution in [0.5, 0.6) is 0 Å². The summed E-state index contributed by atoms with van der Waals surface area (Å²) >= 11 is 0. The molecule has 74 valence electrons. The lowest BCUT2D eigenvalue weighted by molar-refractivity contribution is 0.519. The summed E-state index contributed by atoms with van der Waals surface area (Å²) in [5, 5.41) is 3.45. The van der Waals surface area contributed by atoms with Gasteiger partial charge in [0.25, 0.3) is 0 Å². The first kappa shape index (κ1) is 10.4. The highest BCUT2D eigenvalue weighted by molar-refractivity contribution is 5.20. The van der Waals surface area contributed by atoms with Gasteiger partial charge in [0.15, 0.2) is 0 Å². The minimum absolute atomic E-state index is 0.695. The highest BCUT2D eigenvalue weighted by Crippen LogP contribution is 2.24. The maximum absolute atomic E-state index is 3.45. The molecule has 2 unspecified atom stereocenters. The average Bonchev–Trinajstić information content (AvgIpc) is 2.44. The van der Waals surface area contributed by atoms with Crippen molar-refractivity contribution < 1.29 is 0 Å². The molecule has 0 saturated carbocycles. The van der Waals surface area contributed by atoms with Crippen LogP contribution in [0.25, 0.3) is 0 Å². The van der Waals surface area contributed by atoms with Crippen LogP contribution in [0.1, 0.15) is 34.1 Å². The molecule has 0 aliphatic carbocycles. The molecule has 1 fully saturated rings. The first-order valence-corrected chi connectivity index (χ1v) is 5.26. The Bertz CT molecular complexity index is 225. The van der Waals surface area contributed by atoms with E-state index in [2.05, 4.69) is 45.2 Å². The molecule has 1 aliphatic rings. The van der Waals surface area contributed by atoms with Gasteiger partial charge in [0.05, 0.1) is 0 Å². The van der Waals surface area contributed by atoms with Crippen molar-refractivity contribution in [3.8, 4) is 0 Å². The molecule has 1 N–H and O–H groups in total. The molecule has 0 aromatic heterocycles. The fourth-order valence-corrected chi connectivity index (χ4v) is 1.48. The van der Waals surface area contributed by atoms with E-state index in [4.69, 9.17) is 0 Å². The molecular weight excluding hydrogens is 158 g/mol. The van der Waals surface area contributed by atoms with Gasteiger partial charge in [-0.05, 0) is 25.3 Å². The lowest BCUT2D eigenvalue weighted by Crippen LogP contribution is -2.05. The zero-order valence-corrected chi connectivity index (χ0v) is 9.22. The smallest absolute Gasteiger partial charge is 0.0176 e. The number of hydrogen-bond donors (Lipinski definition) is 1. The van der Waals surface area contributed by atoms with Crippen LogP contribution in [-0.4, -0.2) is 6.54 Å². The Morgan fingerprint density at radius 2 is 2.23 bits per heavy atom. The van der Waals surface area contributed by atoms with E-state index in [-0.39, 0.29) is 0 Å². The third-order valence-electron chi connectivity index (χ3n) is 3.08. The van der Waals surface area contributed by atoms with Crippen molar-refractivity contribution >= 4 is 0 Å². The molecule has 1 nitrogen and oxygen atoms in total. The maximum Gasteiger partial charge on any atom is 0.0176 e. The highest BCUT2D eigenvalue weighted by atomic mass is 14.9. The highest BCUT2D eigenvalue weighted by Gasteiger charge is 2.22. The number of nitrogens with one attached hydrogen (secondary N) is 1. The Labute approximate surface area is 81.9 Å². The van der Waals surface area contributed by atoms with Gasteiger partial charge in [-0.15, -0.1) is 0 Å². The van der Waals surface area contributed by atoms with E-state index in [1.807, 2.05) is 0 Å². The van der Waals surface area contributed by atoms with Gasteiger partial charge in [-0.3, -0.25) is 0 Å². The van der Waals surface area contributed by atoms with Crippen molar-refractivity contribution in [3.63, 3.8) is 0 Å². The summed E-state index contributed by atoms with van der Waals surface area (Å²) in [7, 11) is 0. The first-order valence-electron chi connectivity index (χ1n) is 5.26. The fourth-order valence-electron chi connectivity index (χ4n) is 1.48. The molecule has 1 heterocycles. The van der Waals surface area contributed by atoms with Crippen molar-refractivity contribution in [1.29, 1.82) is 0 Å². The third kappa shape index (κ3) is 2.61. The molecule has 2 atom stereocenters. The maximum atomic E-state index is 3.45. The van der Waals surface area contributed by atoms with Crippen LogP contribution in [-0.2, 0) is 0 Å². The number of allylic oxidation sites excluding steroid dienone is 4. The van der Waals surface area contributed by atoms with Crippen molar-refractivity contribution in [2.45, 2.75) is 34.1 Å². The number of rotatable bonds is 2. The second kappa shape index (κ2) is 4.50. The van der Waals surface area contributed by atoms with Crippen molar-refractivity contribution in [2.24, 2.45) is 11.8 Å². The molecule has 1 heteroatoms. The number of hydrogen-bond acceptors (Lipinski definition) is 1. The zero-order chi connectivity index (χ0) is 9.84. The summed E-state index contributed by atoms with van der Waals surface area (Å²) in [4.78, 5) is 0. The van der Waals surface area contributed by atoms with Gasteiger partial charge < -0.3 is 5.32 Å². The van der Waals surface area contributed by atoms with Gasteiger partial charge >= 0.3 is 0 Å². The molecule has 0 aromatic rings. The Morgan fingerprint density at radius 3 is 2.69 bits per heavy atom. The van der Waals surface area contributed by atoms with E-state index in [0.29, 0.717) is 5.92 Å². The molecule has 1 saturated heterocycles. The van der Waals surface area contributed by atoms with Crippen molar-refractivity contribution in [1.82, 2.24) is 5.32 Å². The van der Waals surface area contributed by atoms with Crippen LogP contribution >= 0.6 is 0 Å². The minimum atomic E-state index is 0.695. The molecule has 0 amide bonds. The summed E-state index contributed by atoms with van der Waals surface area (Å²) in [6.07, 6.45) is 5.62. The molecule has 0 spiro atoms. The zero-order valence-electron chi connectivity index (χ0n) is 9.22. The van der Waals surface area contributed by atoms with E-state index in [1.165, 1.54) is 11.3 Å². The minimum Gasteiger partial charge on any atom is -0.388 e. The molecular formula is C12H21N. The topological polar surface area (TPSA) is 12.0 Å². The second-order valence-electron chi connectivity index (χ2n) is 4.14. The SMILES string of the molecule is CC/C(C)=C/C=C1/NCC(C)C1C. The summed E-state index contributed by atoms with van der Waals surface area (Å²) in [5.41, 5.74) is 2.85. The van der Waals surface area contributed by atoms with Crippen LogP contribution in [0.2, 0.25) is 0 Å². The van der Waals surface area contributed by atoms with Crippen LogP contribution in [0, 0.1) is 11.8 Å². The third-order valence-corrected chi connectivity index (χ3v) is 3.08. The first-order chi connectivity index (χ1) is 6.15. The van der Waals surface area contributed by atoms with E-state index in [9.17, 15) is 0 Å². The predicted molar refractivity (Wildman–Crippen MR) is 58.5 cm³/mol. The second-order valence-corrected chi connectivity index (χ2v) is 4.14. The normalized spacial score (nSPS) is 32.3. The van der Waals surface area contributed by atoms with Gasteiger partial charge in [0.1, 0.15) is 0 Å². The van der Waals surface area contributed by atoms with E-state index in [0.717, 1.165) is 18.9 Å². The molecule has 13 heavy (non-hydrogen) atoms. The van der Waals surface area contributed by atoms with Gasteiger partial charge in [-0.1, -0.05) is 32.4 Å². The molecule has 0 bridgehead atoms. The van der Waals surface area contributed by atoms with E-state index >= 15 is 0 Å². The van der Waals surface area contributed by atoms with Crippen LogP contribution in [0.15, 0.2) is 23.4 Å². The molecule has 0 aromatic carbocycles. The van der Waals surface area contributed by atoms with Crippen LogP contribution in [0.3, 0.4) is 0 Å². The van der Waals surface area contributed by atoms with Gasteiger partial charge in [0, 0.05) is 18.2 Å². The van der Waals surface area contributed by atoms with E-state index < -0.39 is 0 Å². The largest absolute Gasteiger partial charge is 0.388 e. The Balaban J connectivity index is 2.62. The monoisotopic (exact) mass is 179 g/mol. The molecule has 1 rings (SSSR count). The average molecular weight is 179 g/mol. The van der Waals surface area contributed by atoms with E-state index in [1.54, 1.807) is 0 Å². The standard InChI is InChI=1S/C12H21N/c1-5-9(2)6-7-12-11(4)10(3)8-13-12/h6-7,10-11,13H,5,8H2,1-4H3/b9-6+,12-7+. The predicted octanol–water partition coefficient (Wildman–Crippen LogP) is 3.10. The lowest BCUT2D eigenvalue weighted by atomic mass is 9.97. The van der Waals surface area contributed by atoms with Crippen LogP contribution in [0.4, 0.5) is 0 Å². The van der Waals surface area contributed by atoms with Gasteiger partial charge in [-0.25, -0.2) is 0 Å². The Morgan fingerprint density at radius 1 is 1.54 bits per heavy atom. The van der Waals surface area contributed by atoms with Crippen molar-refractivity contribution in [3.05, 3.63) is 23.4 Å². The Kier molecular flexibility index (Phi) is 3.58. The molecule has 1 aliphatic heterocycles. The quantitative estimate of drug-likeness (QED) is 0.687. The fraction of sp³-hybridized carbons (Fsp3) is 0.667. The van der Waals surface area contributed by atoms with Gasteiger partial charge in [0.2, 0.25) is 0 Å². The van der Waals surface area contributed by atoms with Crippen LogP contribution < -0.4 is 5.32 Å². The summed E-state index contributed by atoms with van der Waals surface area (Å²) in [6.45, 7) is 10.1. The van der Waals surface area contributed by atoms with Crippen molar-refractivity contribution in [2.75, 3.05) is 6.54 Å². The molecule has 0 radical (unpaired) electrons. The summed E-state index contributed by atoms with van der Waals surface area (Å²) < 4.78 is 0.